The zero-order chi connectivity index (χ0) is 66.3. The minimum atomic E-state index is -0.978. The monoisotopic (exact) mass is 1260 g/mol. The van der Waals surface area contributed by atoms with Gasteiger partial charge >= 0.3 is 47.8 Å². The number of carbonyl (C=O) groups excluding carboxylic acids is 8. The number of unbranched alkanes of at least 4 members (excludes halogenated alkanes) is 8. The quantitative estimate of drug-likeness (QED) is 0.0162. The molecule has 0 heterocycles. The van der Waals surface area contributed by atoms with E-state index in [1.165, 1.54) is 138 Å². The largest absolute Gasteiger partial charge is 0.497 e. The standard InChI is InChI=1S/C34H48O4.C22H18O8.C18H14O6.H2/c1-3-5-7-9-11-13-27-15-23-31(24-16-27)37-33(35)29-19-21-30(22-20-29)34(36)38-32-25-17-28(18-26-32)14-12-10-8-6-4-2;1-3-27-21(25)15-5-9-17(10-6-15)29-19(23)13-14-20(24)30-18-11-7-16(8-12-18)22(26)28-4-2;1-21-13-3-7-15(8-4-13)23-17(19)11-12-18(20)24-16-9-5-14(22-2)6-10-16;/h15-18,23-26,29-30H,3-14,19-22H2,1-2H3;5-12H,3-4H2,1-2H3;3-10H,1-2H3;1H. The Kier molecular flexibility index (Phi) is 32.5. The lowest BCUT2D eigenvalue weighted by molar-refractivity contribution is -0.145. The van der Waals surface area contributed by atoms with Crippen molar-refractivity contribution in [3.05, 3.63) is 168 Å². The van der Waals surface area contributed by atoms with Gasteiger partial charge in [-0.1, -0.05) is 89.5 Å². The van der Waals surface area contributed by atoms with Gasteiger partial charge in [-0.2, -0.15) is 0 Å². The fourth-order valence-electron chi connectivity index (χ4n) is 9.05. The Morgan fingerprint density at radius 1 is 0.337 bits per heavy atom. The van der Waals surface area contributed by atoms with E-state index in [4.69, 9.17) is 47.4 Å². The Morgan fingerprint density at radius 2 is 0.587 bits per heavy atom. The first-order valence-corrected chi connectivity index (χ1v) is 31.0. The van der Waals surface area contributed by atoms with Crippen LogP contribution >= 0.6 is 0 Å². The average Bonchev–Trinajstić information content (AvgIpc) is 1.45. The molecule has 0 radical (unpaired) electrons. The molecule has 0 amide bonds. The summed E-state index contributed by atoms with van der Waals surface area (Å²) in [5.74, 6) is 6.10. The topological polar surface area (TPSA) is 229 Å². The minimum absolute atomic E-state index is 0. The van der Waals surface area contributed by atoms with Crippen LogP contribution in [0, 0.1) is 35.5 Å². The van der Waals surface area contributed by atoms with Crippen molar-refractivity contribution in [2.45, 2.75) is 130 Å². The van der Waals surface area contributed by atoms with Crippen LogP contribution in [0.5, 0.6) is 46.0 Å². The molecule has 0 atom stereocenters. The van der Waals surface area contributed by atoms with Gasteiger partial charge in [0.1, 0.15) is 46.0 Å². The lowest BCUT2D eigenvalue weighted by Crippen LogP contribution is -2.30. The van der Waals surface area contributed by atoms with Gasteiger partial charge < -0.3 is 47.4 Å². The molecule has 18 heteroatoms. The summed E-state index contributed by atoms with van der Waals surface area (Å²) in [6, 6.07) is 39.9. The third kappa shape index (κ3) is 27.7. The fraction of sp³-hybridized carbons (Fsp3) is 0.351. The molecule has 1 fully saturated rings. The molecule has 6 aromatic rings. The van der Waals surface area contributed by atoms with Crippen LogP contribution in [0.2, 0.25) is 0 Å². The minimum Gasteiger partial charge on any atom is -0.497 e. The maximum atomic E-state index is 12.7. The highest BCUT2D eigenvalue weighted by Crippen LogP contribution is 2.32. The smallest absolute Gasteiger partial charge is 0.390 e. The molecular formula is C74H82O18. The maximum absolute atomic E-state index is 12.7. The molecule has 0 spiro atoms. The number of rotatable bonds is 26. The van der Waals surface area contributed by atoms with E-state index in [0.717, 1.165) is 12.8 Å². The Labute approximate surface area is 540 Å². The van der Waals surface area contributed by atoms with Crippen molar-refractivity contribution in [2.75, 3.05) is 27.4 Å². The molecule has 7 rings (SSSR count). The third-order valence-corrected chi connectivity index (χ3v) is 14.0. The fourth-order valence-corrected chi connectivity index (χ4v) is 9.05. The highest BCUT2D eigenvalue weighted by atomic mass is 16.6. The molecule has 1 saturated carbocycles. The van der Waals surface area contributed by atoms with Gasteiger partial charge in [-0.25, -0.2) is 28.8 Å². The Balaban J connectivity index is 0.000000304. The zero-order valence-corrected chi connectivity index (χ0v) is 53.1. The maximum Gasteiger partial charge on any atom is 0.390 e. The summed E-state index contributed by atoms with van der Waals surface area (Å²) in [5.41, 5.74) is 3.19. The highest BCUT2D eigenvalue weighted by molar-refractivity contribution is 6.00. The Morgan fingerprint density at radius 3 is 0.859 bits per heavy atom. The lowest BCUT2D eigenvalue weighted by Gasteiger charge is -2.25. The summed E-state index contributed by atoms with van der Waals surface area (Å²) in [7, 11) is 3.06. The van der Waals surface area contributed by atoms with E-state index in [2.05, 4.69) is 50.0 Å². The van der Waals surface area contributed by atoms with Crippen LogP contribution in [0.25, 0.3) is 0 Å². The van der Waals surface area contributed by atoms with Crippen molar-refractivity contribution in [1.82, 2.24) is 0 Å². The predicted molar refractivity (Wildman–Crippen MR) is 346 cm³/mol. The van der Waals surface area contributed by atoms with E-state index in [1.807, 2.05) is 36.1 Å². The molecule has 0 bridgehead atoms. The van der Waals surface area contributed by atoms with Crippen molar-refractivity contribution in [1.29, 1.82) is 0 Å². The van der Waals surface area contributed by atoms with Crippen molar-refractivity contribution in [2.24, 2.45) is 11.8 Å². The molecule has 0 N–H and O–H groups in total. The van der Waals surface area contributed by atoms with Gasteiger partial charge in [-0.3, -0.25) is 9.59 Å². The second kappa shape index (κ2) is 41.2. The number of hydrogen-bond donors (Lipinski definition) is 0. The number of benzene rings is 6. The first-order chi connectivity index (χ1) is 44.6. The van der Waals surface area contributed by atoms with Gasteiger partial charge in [-0.15, -0.1) is 0 Å². The molecule has 92 heavy (non-hydrogen) atoms. The summed E-state index contributed by atoms with van der Waals surface area (Å²) >= 11 is 0. The number of ether oxygens (including phenoxy) is 10. The average molecular weight is 1260 g/mol. The first kappa shape index (κ1) is 72.5. The highest BCUT2D eigenvalue weighted by Gasteiger charge is 2.32. The van der Waals surface area contributed by atoms with Crippen LogP contribution in [-0.4, -0.2) is 75.2 Å². The van der Waals surface area contributed by atoms with E-state index in [0.29, 0.717) is 71.3 Å². The second-order valence-electron chi connectivity index (χ2n) is 20.9. The first-order valence-electron chi connectivity index (χ1n) is 31.0. The molecule has 1 aliphatic carbocycles. The molecule has 18 nitrogen and oxygen atoms in total. The van der Waals surface area contributed by atoms with Crippen molar-refractivity contribution in [3.8, 4) is 69.7 Å². The van der Waals surface area contributed by atoms with Gasteiger partial charge in [0.05, 0.1) is 50.4 Å². The lowest BCUT2D eigenvalue weighted by atomic mass is 9.82. The van der Waals surface area contributed by atoms with Crippen molar-refractivity contribution >= 4 is 47.8 Å². The molecule has 1 aliphatic rings. The summed E-state index contributed by atoms with van der Waals surface area (Å²) in [6.07, 6.45) is 17.5. The van der Waals surface area contributed by atoms with E-state index < -0.39 is 35.8 Å². The summed E-state index contributed by atoms with van der Waals surface area (Å²) in [4.78, 5) is 95.1. The number of esters is 8. The van der Waals surface area contributed by atoms with Crippen LogP contribution in [0.1, 0.15) is 151 Å². The summed E-state index contributed by atoms with van der Waals surface area (Å²) in [5, 5.41) is 0. The predicted octanol–water partition coefficient (Wildman–Crippen LogP) is 14.0. The van der Waals surface area contributed by atoms with Gasteiger partial charge in [0.25, 0.3) is 0 Å². The molecule has 6 aromatic carbocycles. The van der Waals surface area contributed by atoms with Gasteiger partial charge in [0.15, 0.2) is 0 Å². The molecule has 486 valence electrons. The van der Waals surface area contributed by atoms with E-state index in [-0.39, 0.29) is 49.9 Å². The molecular weight excluding hydrogens is 1180 g/mol. The molecule has 0 aliphatic heterocycles. The van der Waals surface area contributed by atoms with Crippen LogP contribution in [0.3, 0.4) is 0 Å². The molecule has 0 saturated heterocycles. The summed E-state index contributed by atoms with van der Waals surface area (Å²) < 4.78 is 50.8. The molecule has 0 aromatic heterocycles. The number of hydrogen-bond acceptors (Lipinski definition) is 18. The number of carbonyl (C=O) groups is 8. The van der Waals surface area contributed by atoms with Gasteiger partial charge in [-0.05, 0) is 198 Å². The number of methoxy groups -OCH3 is 2. The normalized spacial score (nSPS) is 12.6. The SMILES string of the molecule is CCCCCCCc1ccc(OC(=O)C2CCC(C(=O)Oc3ccc(CCCCCCC)cc3)CC2)cc1.CCOC(=O)c1ccc(OC(=O)C#CC(=O)Oc2ccc(C(=O)OCC)cc2)cc1.COc1ccc(OC(=O)C#CC(=O)Oc2ccc(OC)cc2)cc1.[HH]. The van der Waals surface area contributed by atoms with Gasteiger partial charge in [0.2, 0.25) is 0 Å². The van der Waals surface area contributed by atoms with E-state index in [1.54, 1.807) is 62.4 Å². The second-order valence-corrected chi connectivity index (χ2v) is 20.9. The van der Waals surface area contributed by atoms with E-state index >= 15 is 0 Å². The third-order valence-electron chi connectivity index (χ3n) is 14.0. The van der Waals surface area contributed by atoms with Crippen LogP contribution in [-0.2, 0) is 51.1 Å². The zero-order valence-electron chi connectivity index (χ0n) is 53.1. The molecule has 0 unspecified atom stereocenters. The van der Waals surface area contributed by atoms with E-state index in [9.17, 15) is 38.4 Å². The van der Waals surface area contributed by atoms with Crippen LogP contribution < -0.4 is 37.9 Å². The van der Waals surface area contributed by atoms with Crippen LogP contribution in [0.4, 0.5) is 0 Å². The number of aryl methyl sites for hydroxylation is 2. The van der Waals surface area contributed by atoms with Crippen molar-refractivity contribution in [3.63, 3.8) is 0 Å². The van der Waals surface area contributed by atoms with Gasteiger partial charge in [0, 0.05) is 25.1 Å². The Bertz CT molecular complexity index is 3200. The van der Waals surface area contributed by atoms with Crippen molar-refractivity contribution < 1.29 is 87.2 Å². The van der Waals surface area contributed by atoms with Crippen LogP contribution in [0.15, 0.2) is 146 Å². The Hall–Kier alpha value is -10.2. The summed E-state index contributed by atoms with van der Waals surface area (Å²) in [6.45, 7) is 8.34.